The molecule has 0 bridgehead atoms. The highest BCUT2D eigenvalue weighted by Gasteiger charge is 2.13. The van der Waals surface area contributed by atoms with E-state index in [1.54, 1.807) is 0 Å². The molecule has 0 aromatic heterocycles. The Hall–Kier alpha value is -2.12. The van der Waals surface area contributed by atoms with Gasteiger partial charge < -0.3 is 9.47 Å². The van der Waals surface area contributed by atoms with Gasteiger partial charge in [0.1, 0.15) is 12.7 Å². The minimum atomic E-state index is -0.0683. The largest absolute Gasteiger partial charge is 0.366 e. The zero-order valence-electron chi connectivity index (χ0n) is 16.0. The van der Waals surface area contributed by atoms with Crippen LogP contribution in [0.15, 0.2) is 60.7 Å². The predicted molar refractivity (Wildman–Crippen MR) is 110 cm³/mol. The number of hydrogen-bond donors (Lipinski definition) is 0. The van der Waals surface area contributed by atoms with Crippen LogP contribution in [0.3, 0.4) is 0 Å². The molecule has 0 amide bonds. The molecule has 1 heterocycles. The summed E-state index contributed by atoms with van der Waals surface area (Å²) < 4.78 is 11.8. The SMILES string of the molecule is C(#CCN1CCCCC1)COCCOC(c1ccccc1)c1ccccc1. The van der Waals surface area contributed by atoms with Crippen molar-refractivity contribution in [1.82, 2.24) is 4.90 Å². The van der Waals surface area contributed by atoms with Crippen LogP contribution in [0.25, 0.3) is 0 Å². The second kappa shape index (κ2) is 11.6. The molecule has 0 saturated carbocycles. The molecule has 0 aliphatic carbocycles. The molecular formula is C24H29NO2. The zero-order chi connectivity index (χ0) is 18.6. The third-order valence-electron chi connectivity index (χ3n) is 4.77. The van der Waals surface area contributed by atoms with E-state index in [9.17, 15) is 0 Å². The van der Waals surface area contributed by atoms with Crippen molar-refractivity contribution < 1.29 is 9.47 Å². The Kier molecular flexibility index (Phi) is 8.41. The maximum Gasteiger partial charge on any atom is 0.108 e. The van der Waals surface area contributed by atoms with E-state index in [0.717, 1.165) is 17.7 Å². The van der Waals surface area contributed by atoms with Gasteiger partial charge in [0, 0.05) is 0 Å². The van der Waals surface area contributed by atoms with Crippen LogP contribution in [0.4, 0.5) is 0 Å². The fourth-order valence-electron chi connectivity index (χ4n) is 3.32. The van der Waals surface area contributed by atoms with Crippen LogP contribution in [0.2, 0.25) is 0 Å². The van der Waals surface area contributed by atoms with Crippen LogP contribution in [0.1, 0.15) is 36.5 Å². The number of piperidine rings is 1. The van der Waals surface area contributed by atoms with Crippen molar-refractivity contribution in [3.8, 4) is 11.8 Å². The normalized spacial score (nSPS) is 14.7. The summed E-state index contributed by atoms with van der Waals surface area (Å²) in [5, 5.41) is 0. The minimum Gasteiger partial charge on any atom is -0.366 e. The van der Waals surface area contributed by atoms with Crippen molar-refractivity contribution in [2.24, 2.45) is 0 Å². The Bertz CT molecular complexity index is 660. The molecule has 1 saturated heterocycles. The molecule has 1 fully saturated rings. The quantitative estimate of drug-likeness (QED) is 0.516. The Balaban J connectivity index is 1.39. The number of benzene rings is 2. The van der Waals surface area contributed by atoms with Crippen molar-refractivity contribution in [1.29, 1.82) is 0 Å². The molecule has 0 N–H and O–H groups in total. The Morgan fingerprint density at radius 1 is 0.778 bits per heavy atom. The maximum atomic E-state index is 6.13. The lowest BCUT2D eigenvalue weighted by Gasteiger charge is -2.23. The van der Waals surface area contributed by atoms with Crippen LogP contribution < -0.4 is 0 Å². The van der Waals surface area contributed by atoms with Gasteiger partial charge in [0.2, 0.25) is 0 Å². The van der Waals surface area contributed by atoms with Gasteiger partial charge >= 0.3 is 0 Å². The van der Waals surface area contributed by atoms with Crippen molar-refractivity contribution >= 4 is 0 Å². The topological polar surface area (TPSA) is 21.7 Å². The fourth-order valence-corrected chi connectivity index (χ4v) is 3.32. The molecule has 2 aromatic carbocycles. The van der Waals surface area contributed by atoms with Crippen molar-refractivity contribution in [3.63, 3.8) is 0 Å². The first kappa shape index (κ1) is 19.6. The van der Waals surface area contributed by atoms with Gasteiger partial charge in [-0.3, -0.25) is 4.90 Å². The second-order valence-electron chi connectivity index (χ2n) is 6.82. The summed E-state index contributed by atoms with van der Waals surface area (Å²) in [5.74, 6) is 6.33. The molecule has 0 spiro atoms. The predicted octanol–water partition coefficient (Wildman–Crippen LogP) is 4.30. The third kappa shape index (κ3) is 6.84. The van der Waals surface area contributed by atoms with E-state index in [1.807, 2.05) is 36.4 Å². The molecule has 3 nitrogen and oxygen atoms in total. The lowest BCUT2D eigenvalue weighted by atomic mass is 10.0. The summed E-state index contributed by atoms with van der Waals surface area (Å²) >= 11 is 0. The smallest absolute Gasteiger partial charge is 0.108 e. The highest BCUT2D eigenvalue weighted by atomic mass is 16.5. The van der Waals surface area contributed by atoms with E-state index in [-0.39, 0.29) is 6.10 Å². The number of likely N-dealkylation sites (tertiary alicyclic amines) is 1. The van der Waals surface area contributed by atoms with Gasteiger partial charge in [-0.1, -0.05) is 78.9 Å². The molecule has 1 aliphatic heterocycles. The molecule has 142 valence electrons. The molecule has 3 heteroatoms. The first-order valence-electron chi connectivity index (χ1n) is 9.91. The van der Waals surface area contributed by atoms with Gasteiger partial charge in [0.05, 0.1) is 19.8 Å². The average Bonchev–Trinajstić information content (AvgIpc) is 2.75. The van der Waals surface area contributed by atoms with Gasteiger partial charge in [-0.15, -0.1) is 0 Å². The highest BCUT2D eigenvalue weighted by molar-refractivity contribution is 5.29. The lowest BCUT2D eigenvalue weighted by molar-refractivity contribution is 0.0283. The summed E-state index contributed by atoms with van der Waals surface area (Å²) in [7, 11) is 0. The standard InChI is InChI=1S/C24H29NO2/c1-4-12-22(13-5-1)24(23-14-6-2-7-15-23)27-21-20-26-19-11-10-18-25-16-8-3-9-17-25/h1-2,4-7,12-15,24H,3,8-9,16-21H2. The molecule has 0 unspecified atom stereocenters. The molecule has 0 atom stereocenters. The zero-order valence-corrected chi connectivity index (χ0v) is 16.0. The number of nitrogens with zero attached hydrogens (tertiary/aromatic N) is 1. The molecule has 3 rings (SSSR count). The molecule has 0 radical (unpaired) electrons. The molecule has 27 heavy (non-hydrogen) atoms. The summed E-state index contributed by atoms with van der Waals surface area (Å²) in [4.78, 5) is 2.42. The van der Waals surface area contributed by atoms with Gasteiger partial charge in [-0.05, 0) is 37.1 Å². The average molecular weight is 364 g/mol. The Morgan fingerprint density at radius 3 is 2.04 bits per heavy atom. The van der Waals surface area contributed by atoms with Crippen molar-refractivity contribution in [2.75, 3.05) is 39.5 Å². The van der Waals surface area contributed by atoms with Crippen molar-refractivity contribution in [3.05, 3.63) is 71.8 Å². The summed E-state index contributed by atoms with van der Waals surface area (Å²) in [6, 6.07) is 20.6. The van der Waals surface area contributed by atoms with Gasteiger partial charge in [0.25, 0.3) is 0 Å². The lowest BCUT2D eigenvalue weighted by Crippen LogP contribution is -2.29. The van der Waals surface area contributed by atoms with E-state index in [1.165, 1.54) is 32.4 Å². The van der Waals surface area contributed by atoms with Crippen LogP contribution in [0, 0.1) is 11.8 Å². The van der Waals surface area contributed by atoms with Crippen LogP contribution in [0.5, 0.6) is 0 Å². The van der Waals surface area contributed by atoms with E-state index < -0.39 is 0 Å². The number of ether oxygens (including phenoxy) is 2. The summed E-state index contributed by atoms with van der Waals surface area (Å²) in [6.45, 7) is 4.80. The van der Waals surface area contributed by atoms with E-state index in [4.69, 9.17) is 9.47 Å². The molecular weight excluding hydrogens is 334 g/mol. The first-order chi connectivity index (χ1) is 13.4. The maximum absolute atomic E-state index is 6.13. The minimum absolute atomic E-state index is 0.0683. The molecule has 1 aliphatic rings. The van der Waals surface area contributed by atoms with Crippen LogP contribution in [-0.4, -0.2) is 44.4 Å². The Morgan fingerprint density at radius 2 is 1.41 bits per heavy atom. The van der Waals surface area contributed by atoms with Crippen molar-refractivity contribution in [2.45, 2.75) is 25.4 Å². The molecule has 2 aromatic rings. The van der Waals surface area contributed by atoms with E-state index in [2.05, 4.69) is 41.0 Å². The number of rotatable bonds is 8. The third-order valence-corrected chi connectivity index (χ3v) is 4.77. The van der Waals surface area contributed by atoms with E-state index >= 15 is 0 Å². The fraction of sp³-hybridized carbons (Fsp3) is 0.417. The Labute approximate surface area is 163 Å². The number of hydrogen-bond acceptors (Lipinski definition) is 3. The van der Waals surface area contributed by atoms with Gasteiger partial charge in [-0.2, -0.15) is 0 Å². The van der Waals surface area contributed by atoms with Crippen LogP contribution >= 0.6 is 0 Å². The monoisotopic (exact) mass is 363 g/mol. The second-order valence-corrected chi connectivity index (χ2v) is 6.82. The van der Waals surface area contributed by atoms with E-state index in [0.29, 0.717) is 19.8 Å². The van der Waals surface area contributed by atoms with Gasteiger partial charge in [-0.25, -0.2) is 0 Å². The highest BCUT2D eigenvalue weighted by Crippen LogP contribution is 2.25. The van der Waals surface area contributed by atoms with Crippen LogP contribution in [-0.2, 0) is 9.47 Å². The van der Waals surface area contributed by atoms with Gasteiger partial charge in [0.15, 0.2) is 0 Å². The summed E-state index contributed by atoms with van der Waals surface area (Å²) in [6.07, 6.45) is 3.90. The first-order valence-corrected chi connectivity index (χ1v) is 9.91. The summed E-state index contributed by atoms with van der Waals surface area (Å²) in [5.41, 5.74) is 2.31.